The van der Waals surface area contributed by atoms with Crippen LogP contribution >= 0.6 is 11.8 Å². The molecule has 0 saturated heterocycles. The fraction of sp³-hybridized carbons (Fsp3) is 0.600. The number of amides is 1. The van der Waals surface area contributed by atoms with Gasteiger partial charge in [0.25, 0.3) is 0 Å². The van der Waals surface area contributed by atoms with E-state index in [-0.39, 0.29) is 11.9 Å². The smallest absolute Gasteiger partial charge is 0.237 e. The second kappa shape index (κ2) is 7.09. The molecular weight excluding hydrogens is 270 g/mol. The quantitative estimate of drug-likeness (QED) is 0.758. The zero-order valence-electron chi connectivity index (χ0n) is 13.0. The Morgan fingerprint density at radius 2 is 2.10 bits per heavy atom. The minimum absolute atomic E-state index is 0.219. The number of rotatable bonds is 7. The summed E-state index contributed by atoms with van der Waals surface area (Å²) in [7, 11) is 0. The van der Waals surface area contributed by atoms with Gasteiger partial charge in [0.05, 0.1) is 10.6 Å². The summed E-state index contributed by atoms with van der Waals surface area (Å²) in [6, 6.07) is 4.34. The molecule has 0 aliphatic carbocycles. The molecule has 20 heavy (non-hydrogen) atoms. The van der Waals surface area contributed by atoms with E-state index < -0.39 is 5.54 Å². The lowest BCUT2D eigenvalue weighted by molar-refractivity contribution is -0.124. The number of hydrogen-bond acceptors (Lipinski definition) is 4. The van der Waals surface area contributed by atoms with Gasteiger partial charge in [-0.05, 0) is 58.7 Å². The fourth-order valence-corrected chi connectivity index (χ4v) is 3.34. The molecule has 0 aromatic carbocycles. The molecule has 1 rings (SSSR count). The zero-order chi connectivity index (χ0) is 15.3. The largest absolute Gasteiger partial charge is 0.368 e. The Morgan fingerprint density at radius 3 is 2.60 bits per heavy atom. The summed E-state index contributed by atoms with van der Waals surface area (Å²) in [4.78, 5) is 16.1. The number of carbonyl (C=O) groups is 1. The van der Waals surface area contributed by atoms with E-state index in [4.69, 9.17) is 5.73 Å². The number of nitrogens with zero attached hydrogens (tertiary/aromatic N) is 1. The van der Waals surface area contributed by atoms with E-state index >= 15 is 0 Å². The van der Waals surface area contributed by atoms with Crippen LogP contribution in [0.15, 0.2) is 17.2 Å². The number of aromatic nitrogens is 1. The van der Waals surface area contributed by atoms with Crippen LogP contribution < -0.4 is 11.1 Å². The molecular formula is C15H25N3OS. The number of primary amides is 1. The van der Waals surface area contributed by atoms with E-state index in [0.29, 0.717) is 6.42 Å². The molecule has 1 aromatic heterocycles. The van der Waals surface area contributed by atoms with Gasteiger partial charge in [-0.2, -0.15) is 0 Å². The predicted molar refractivity (Wildman–Crippen MR) is 84.9 cm³/mol. The van der Waals surface area contributed by atoms with Gasteiger partial charge in [0.1, 0.15) is 0 Å². The van der Waals surface area contributed by atoms with Crippen molar-refractivity contribution in [1.82, 2.24) is 10.3 Å². The Labute approximate surface area is 125 Å². The fourth-order valence-electron chi connectivity index (χ4n) is 2.14. The van der Waals surface area contributed by atoms with Crippen molar-refractivity contribution >= 4 is 17.7 Å². The van der Waals surface area contributed by atoms with Crippen LogP contribution in [0.4, 0.5) is 0 Å². The summed E-state index contributed by atoms with van der Waals surface area (Å²) in [6.07, 6.45) is 0.680. The third-order valence-corrected chi connectivity index (χ3v) is 3.99. The van der Waals surface area contributed by atoms with Crippen molar-refractivity contribution in [3.8, 4) is 0 Å². The van der Waals surface area contributed by atoms with Crippen LogP contribution in [-0.2, 0) is 4.79 Å². The van der Waals surface area contributed by atoms with Crippen molar-refractivity contribution in [3.05, 3.63) is 23.4 Å². The molecule has 0 aliphatic heterocycles. The normalized spacial score (nSPS) is 14.3. The molecule has 0 radical (unpaired) electrons. The lowest BCUT2D eigenvalue weighted by Crippen LogP contribution is -2.55. The molecule has 5 heteroatoms. The van der Waals surface area contributed by atoms with Gasteiger partial charge in [-0.25, -0.2) is 4.98 Å². The van der Waals surface area contributed by atoms with Crippen LogP contribution in [0.25, 0.3) is 0 Å². The molecule has 0 saturated carbocycles. The van der Waals surface area contributed by atoms with Gasteiger partial charge in [-0.15, -0.1) is 11.8 Å². The first-order chi connectivity index (χ1) is 9.23. The van der Waals surface area contributed by atoms with Crippen molar-refractivity contribution in [2.75, 3.05) is 5.75 Å². The van der Waals surface area contributed by atoms with Crippen LogP contribution in [0.2, 0.25) is 0 Å². The Balaban J connectivity index is 2.62. The van der Waals surface area contributed by atoms with Crippen LogP contribution in [0.5, 0.6) is 0 Å². The van der Waals surface area contributed by atoms with Gasteiger partial charge in [-0.3, -0.25) is 4.79 Å². The highest BCUT2D eigenvalue weighted by molar-refractivity contribution is 7.99. The topological polar surface area (TPSA) is 68.0 Å². The Hall–Kier alpha value is -1.07. The molecule has 1 aromatic rings. The molecule has 0 fully saturated rings. The lowest BCUT2D eigenvalue weighted by Gasteiger charge is -2.29. The SMILES string of the molecule is Cc1cc(C)nc(SCCC(C)(NC(C)C)C(N)=O)c1. The summed E-state index contributed by atoms with van der Waals surface area (Å²) in [5, 5.41) is 4.26. The summed E-state index contributed by atoms with van der Waals surface area (Å²) in [6.45, 7) is 9.95. The highest BCUT2D eigenvalue weighted by Gasteiger charge is 2.30. The standard InChI is InChI=1S/C15H25N3OS/c1-10(2)18-15(5,14(16)19)6-7-20-13-9-11(3)8-12(4)17-13/h8-10,18H,6-7H2,1-5H3,(H2,16,19). The van der Waals surface area contributed by atoms with Gasteiger partial charge in [0.2, 0.25) is 5.91 Å². The van der Waals surface area contributed by atoms with E-state index in [1.165, 1.54) is 5.56 Å². The van der Waals surface area contributed by atoms with E-state index in [0.717, 1.165) is 16.5 Å². The summed E-state index contributed by atoms with van der Waals surface area (Å²) in [5.74, 6) is 0.495. The van der Waals surface area contributed by atoms with E-state index in [1.54, 1.807) is 11.8 Å². The minimum atomic E-state index is -0.667. The lowest BCUT2D eigenvalue weighted by atomic mass is 9.97. The van der Waals surface area contributed by atoms with Gasteiger partial charge < -0.3 is 11.1 Å². The van der Waals surface area contributed by atoms with Crippen molar-refractivity contribution in [3.63, 3.8) is 0 Å². The highest BCUT2D eigenvalue weighted by atomic mass is 32.2. The molecule has 1 heterocycles. The molecule has 0 spiro atoms. The first kappa shape index (κ1) is 17.0. The maximum absolute atomic E-state index is 11.6. The Bertz CT molecular complexity index is 456. The van der Waals surface area contributed by atoms with Crippen molar-refractivity contribution < 1.29 is 4.79 Å². The van der Waals surface area contributed by atoms with Gasteiger partial charge in [-0.1, -0.05) is 0 Å². The Morgan fingerprint density at radius 1 is 1.45 bits per heavy atom. The molecule has 112 valence electrons. The molecule has 3 N–H and O–H groups in total. The zero-order valence-corrected chi connectivity index (χ0v) is 13.8. The number of nitrogens with one attached hydrogen (secondary N) is 1. The van der Waals surface area contributed by atoms with Gasteiger partial charge in [0, 0.05) is 17.5 Å². The summed E-state index contributed by atoms with van der Waals surface area (Å²) in [5.41, 5.74) is 7.08. The van der Waals surface area contributed by atoms with Crippen LogP contribution in [-0.4, -0.2) is 28.2 Å². The number of pyridine rings is 1. The van der Waals surface area contributed by atoms with Crippen molar-refractivity contribution in [2.45, 2.75) is 57.6 Å². The number of nitrogens with two attached hydrogens (primary N) is 1. The number of carbonyl (C=O) groups excluding carboxylic acids is 1. The second-order valence-corrected chi connectivity index (χ2v) is 6.83. The van der Waals surface area contributed by atoms with Gasteiger partial charge >= 0.3 is 0 Å². The average Bonchev–Trinajstić information content (AvgIpc) is 2.26. The third kappa shape index (κ3) is 5.13. The first-order valence-electron chi connectivity index (χ1n) is 6.88. The summed E-state index contributed by atoms with van der Waals surface area (Å²) < 4.78 is 0. The van der Waals surface area contributed by atoms with E-state index in [1.807, 2.05) is 27.7 Å². The van der Waals surface area contributed by atoms with Crippen molar-refractivity contribution in [2.24, 2.45) is 5.73 Å². The number of aryl methyl sites for hydroxylation is 2. The summed E-state index contributed by atoms with van der Waals surface area (Å²) >= 11 is 1.66. The Kier molecular flexibility index (Phi) is 6.02. The van der Waals surface area contributed by atoms with Crippen LogP contribution in [0, 0.1) is 13.8 Å². The van der Waals surface area contributed by atoms with Crippen LogP contribution in [0.1, 0.15) is 38.4 Å². The first-order valence-corrected chi connectivity index (χ1v) is 7.87. The molecule has 0 bridgehead atoms. The predicted octanol–water partition coefficient (Wildman–Crippen LogP) is 2.42. The minimum Gasteiger partial charge on any atom is -0.368 e. The van der Waals surface area contributed by atoms with Gasteiger partial charge in [0.15, 0.2) is 0 Å². The van der Waals surface area contributed by atoms with E-state index in [2.05, 4.69) is 29.4 Å². The highest BCUT2D eigenvalue weighted by Crippen LogP contribution is 2.22. The molecule has 4 nitrogen and oxygen atoms in total. The van der Waals surface area contributed by atoms with Crippen LogP contribution in [0.3, 0.4) is 0 Å². The van der Waals surface area contributed by atoms with E-state index in [9.17, 15) is 4.79 Å². The molecule has 0 aliphatic rings. The molecule has 1 unspecified atom stereocenters. The monoisotopic (exact) mass is 295 g/mol. The number of hydrogen-bond donors (Lipinski definition) is 2. The van der Waals surface area contributed by atoms with Crippen molar-refractivity contribution in [1.29, 1.82) is 0 Å². The average molecular weight is 295 g/mol. The maximum atomic E-state index is 11.6. The third-order valence-electron chi connectivity index (χ3n) is 3.08. The number of thioether (sulfide) groups is 1. The molecule has 1 atom stereocenters. The molecule has 1 amide bonds. The second-order valence-electron chi connectivity index (χ2n) is 5.72. The maximum Gasteiger partial charge on any atom is 0.237 e.